The molecule has 1 fully saturated rings. The molecular weight excluding hydrogens is 407 g/mol. The van der Waals surface area contributed by atoms with Crippen molar-refractivity contribution in [1.29, 1.82) is 0 Å². The summed E-state index contributed by atoms with van der Waals surface area (Å²) >= 11 is 0. The first-order chi connectivity index (χ1) is 15.4. The van der Waals surface area contributed by atoms with Crippen LogP contribution >= 0.6 is 0 Å². The molecule has 6 N–H and O–H groups in total. The summed E-state index contributed by atoms with van der Waals surface area (Å²) in [6, 6.07) is 6.07. The lowest BCUT2D eigenvalue weighted by molar-refractivity contribution is -0.118. The average Bonchev–Trinajstić information content (AvgIpc) is 3.09. The molecule has 32 heavy (non-hydrogen) atoms. The number of aromatic nitrogens is 4. The molecule has 166 valence electrons. The highest BCUT2D eigenvalue weighted by Crippen LogP contribution is 2.36. The molecule has 2 heterocycles. The molecule has 1 aliphatic carbocycles. The predicted molar refractivity (Wildman–Crippen MR) is 126 cm³/mol. The Kier molecular flexibility index (Phi) is 5.98. The van der Waals surface area contributed by atoms with Gasteiger partial charge in [-0.1, -0.05) is 18.8 Å². The zero-order valence-corrected chi connectivity index (χ0v) is 18.3. The molecule has 11 heteroatoms. The van der Waals surface area contributed by atoms with Crippen LogP contribution in [0.25, 0.3) is 10.9 Å². The summed E-state index contributed by atoms with van der Waals surface area (Å²) in [6.45, 7) is 1.94. The van der Waals surface area contributed by atoms with Crippen molar-refractivity contribution in [2.75, 3.05) is 10.6 Å². The summed E-state index contributed by atoms with van der Waals surface area (Å²) in [6.07, 6.45) is 6.97. The quantitative estimate of drug-likeness (QED) is 0.362. The number of carbonyl (C=O) groups excluding carboxylic acids is 2. The third kappa shape index (κ3) is 4.23. The van der Waals surface area contributed by atoms with E-state index in [2.05, 4.69) is 48.7 Å². The number of fused-ring (bicyclic) bond motifs is 1. The van der Waals surface area contributed by atoms with Crippen LogP contribution in [0.1, 0.15) is 55.6 Å². The first-order valence-electron chi connectivity index (χ1n) is 10.9. The Morgan fingerprint density at radius 1 is 1.28 bits per heavy atom. The number of amides is 2. The number of primary amides is 2. The molecule has 2 aromatic heterocycles. The van der Waals surface area contributed by atoms with Crippen LogP contribution in [0.2, 0.25) is 0 Å². The van der Waals surface area contributed by atoms with Crippen molar-refractivity contribution >= 4 is 53.5 Å². The molecule has 1 saturated carbocycles. The fraction of sp³-hybridized carbons (Fsp3) is 0.381. The molecule has 3 aromatic rings. The second-order valence-electron chi connectivity index (χ2n) is 8.26. The third-order valence-electron chi connectivity index (χ3n) is 5.85. The minimum absolute atomic E-state index is 0.0882. The first-order valence-corrected chi connectivity index (χ1v) is 10.9. The van der Waals surface area contributed by atoms with Crippen molar-refractivity contribution in [3.63, 3.8) is 0 Å². The minimum Gasteiger partial charge on any atom is -0.368 e. The van der Waals surface area contributed by atoms with E-state index in [1.165, 1.54) is 19.3 Å². The SMILES string of the molecule is Bc1cc(Nc2nc(N[C@H](CCC)C(N)=O)nnc2C(N)=O)c2ccn(C3CCC3)c2c1. The highest BCUT2D eigenvalue weighted by molar-refractivity contribution is 6.34. The van der Waals surface area contributed by atoms with Gasteiger partial charge in [0.1, 0.15) is 13.9 Å². The third-order valence-corrected chi connectivity index (χ3v) is 5.85. The van der Waals surface area contributed by atoms with E-state index < -0.39 is 17.9 Å². The Bertz CT molecular complexity index is 1170. The van der Waals surface area contributed by atoms with E-state index in [9.17, 15) is 9.59 Å². The van der Waals surface area contributed by atoms with Gasteiger partial charge in [0.15, 0.2) is 11.5 Å². The number of benzene rings is 1. The Morgan fingerprint density at radius 2 is 2.06 bits per heavy atom. The standard InChI is InChI=1S/C21H27BN8O2/c1-2-4-14(18(23)31)26-21-27-20(17(19(24)32)28-29-21)25-15-9-11(22)10-16-13(15)7-8-30(16)12-5-3-6-12/h7-10,12,14H,2-6,22H2,1H3,(H2,23,31)(H2,24,32)(H2,25,26,27,29)/t14-/m1/s1. The zero-order valence-electron chi connectivity index (χ0n) is 18.3. The van der Waals surface area contributed by atoms with E-state index in [-0.39, 0.29) is 17.5 Å². The van der Waals surface area contributed by atoms with Gasteiger partial charge in [-0.05, 0) is 43.9 Å². The van der Waals surface area contributed by atoms with Crippen molar-refractivity contribution in [1.82, 2.24) is 19.7 Å². The molecule has 10 nitrogen and oxygen atoms in total. The Hall–Kier alpha value is -3.63. The molecule has 2 amide bonds. The highest BCUT2D eigenvalue weighted by Gasteiger charge is 2.23. The Morgan fingerprint density at radius 3 is 2.69 bits per heavy atom. The molecule has 1 aromatic carbocycles. The number of carbonyl (C=O) groups is 2. The number of hydrogen-bond donors (Lipinski definition) is 4. The van der Waals surface area contributed by atoms with Crippen LogP contribution in [0.3, 0.4) is 0 Å². The average molecular weight is 434 g/mol. The van der Waals surface area contributed by atoms with E-state index >= 15 is 0 Å². The van der Waals surface area contributed by atoms with Crippen LogP contribution < -0.4 is 27.6 Å². The van der Waals surface area contributed by atoms with E-state index in [0.29, 0.717) is 12.5 Å². The molecule has 0 bridgehead atoms. The summed E-state index contributed by atoms with van der Waals surface area (Å²) in [7, 11) is 2.02. The summed E-state index contributed by atoms with van der Waals surface area (Å²) < 4.78 is 2.30. The number of nitrogens with two attached hydrogens (primary N) is 2. The monoisotopic (exact) mass is 434 g/mol. The molecule has 4 rings (SSSR count). The summed E-state index contributed by atoms with van der Waals surface area (Å²) in [4.78, 5) is 28.1. The van der Waals surface area contributed by atoms with Crippen LogP contribution in [0, 0.1) is 0 Å². The molecule has 0 unspecified atom stereocenters. The first kappa shape index (κ1) is 21.6. The van der Waals surface area contributed by atoms with E-state index in [1.807, 2.05) is 20.8 Å². The maximum atomic E-state index is 12.0. The summed E-state index contributed by atoms with van der Waals surface area (Å²) in [5, 5.41) is 15.0. The van der Waals surface area contributed by atoms with Crippen molar-refractivity contribution < 1.29 is 9.59 Å². The number of nitrogens with one attached hydrogen (secondary N) is 2. The van der Waals surface area contributed by atoms with Crippen molar-refractivity contribution in [2.24, 2.45) is 11.5 Å². The lowest BCUT2D eigenvalue weighted by Gasteiger charge is -2.28. The van der Waals surface area contributed by atoms with Gasteiger partial charge in [0, 0.05) is 28.8 Å². The molecule has 1 atom stereocenters. The van der Waals surface area contributed by atoms with Gasteiger partial charge in [0.05, 0.1) is 0 Å². The summed E-state index contributed by atoms with van der Waals surface area (Å²) in [5.41, 5.74) is 13.9. The van der Waals surface area contributed by atoms with Crippen molar-refractivity contribution in [3.8, 4) is 0 Å². The van der Waals surface area contributed by atoms with Crippen molar-refractivity contribution in [2.45, 2.75) is 51.1 Å². The number of anilines is 3. The van der Waals surface area contributed by atoms with Gasteiger partial charge >= 0.3 is 0 Å². The fourth-order valence-electron chi connectivity index (χ4n) is 3.99. The number of rotatable bonds is 9. The Labute approximate surface area is 186 Å². The second-order valence-corrected chi connectivity index (χ2v) is 8.26. The Balaban J connectivity index is 1.71. The van der Waals surface area contributed by atoms with E-state index in [1.54, 1.807) is 0 Å². The van der Waals surface area contributed by atoms with Gasteiger partial charge < -0.3 is 26.7 Å². The maximum Gasteiger partial charge on any atom is 0.273 e. The van der Waals surface area contributed by atoms with E-state index in [4.69, 9.17) is 11.5 Å². The predicted octanol–water partition coefficient (Wildman–Crippen LogP) is 0.718. The smallest absolute Gasteiger partial charge is 0.273 e. The topological polar surface area (TPSA) is 154 Å². The summed E-state index contributed by atoms with van der Waals surface area (Å²) in [5.74, 6) is -1.01. The largest absolute Gasteiger partial charge is 0.368 e. The van der Waals surface area contributed by atoms with Crippen LogP contribution in [0.5, 0.6) is 0 Å². The number of nitrogens with zero attached hydrogens (tertiary/aromatic N) is 4. The van der Waals surface area contributed by atoms with Gasteiger partial charge in [-0.25, -0.2) is 0 Å². The van der Waals surface area contributed by atoms with Crippen LogP contribution in [0.4, 0.5) is 17.5 Å². The lowest BCUT2D eigenvalue weighted by atomic mass is 9.91. The molecule has 0 saturated heterocycles. The molecule has 0 spiro atoms. The second kappa shape index (κ2) is 8.85. The van der Waals surface area contributed by atoms with Gasteiger partial charge in [0.2, 0.25) is 11.9 Å². The van der Waals surface area contributed by atoms with Gasteiger partial charge in [-0.2, -0.15) is 4.98 Å². The lowest BCUT2D eigenvalue weighted by Crippen LogP contribution is -2.36. The minimum atomic E-state index is -0.755. The van der Waals surface area contributed by atoms with Crippen LogP contribution in [0.15, 0.2) is 24.4 Å². The molecular formula is C21H27BN8O2. The van der Waals surface area contributed by atoms with Crippen LogP contribution in [-0.2, 0) is 4.79 Å². The van der Waals surface area contributed by atoms with Crippen molar-refractivity contribution in [3.05, 3.63) is 30.1 Å². The molecule has 1 aliphatic rings. The maximum absolute atomic E-state index is 12.0. The van der Waals surface area contributed by atoms with Gasteiger partial charge in [-0.3, -0.25) is 9.59 Å². The molecule has 0 radical (unpaired) electrons. The normalized spacial score (nSPS) is 14.7. The molecule has 0 aliphatic heterocycles. The van der Waals surface area contributed by atoms with Gasteiger partial charge in [0.25, 0.3) is 5.91 Å². The van der Waals surface area contributed by atoms with Gasteiger partial charge in [-0.15, -0.1) is 10.2 Å². The number of hydrogen-bond acceptors (Lipinski definition) is 7. The van der Waals surface area contributed by atoms with Crippen LogP contribution in [-0.4, -0.2) is 45.5 Å². The fourth-order valence-corrected chi connectivity index (χ4v) is 3.99. The highest BCUT2D eigenvalue weighted by atomic mass is 16.1. The van der Waals surface area contributed by atoms with E-state index in [0.717, 1.165) is 28.5 Å². The zero-order chi connectivity index (χ0) is 22.8.